The van der Waals surface area contributed by atoms with Crippen LogP contribution in [0.25, 0.3) is 0 Å². The average Bonchev–Trinajstić information content (AvgIpc) is 3.12. The van der Waals surface area contributed by atoms with Crippen molar-refractivity contribution in [3.05, 3.63) is 21.9 Å². The maximum atomic E-state index is 12.5. The summed E-state index contributed by atoms with van der Waals surface area (Å²) in [6, 6.07) is 3.01. The van der Waals surface area contributed by atoms with Gasteiger partial charge < -0.3 is 19.6 Å². The van der Waals surface area contributed by atoms with E-state index in [1.165, 1.54) is 6.07 Å². The molecule has 0 unspecified atom stereocenters. The highest BCUT2D eigenvalue weighted by Gasteiger charge is 2.31. The van der Waals surface area contributed by atoms with Gasteiger partial charge >= 0.3 is 5.97 Å². The maximum absolute atomic E-state index is 12.5. The van der Waals surface area contributed by atoms with Crippen LogP contribution in [-0.4, -0.2) is 72.1 Å². The molecular formula is C16H20N2O5S. The molecule has 2 amide bonds. The average molecular weight is 352 g/mol. The van der Waals surface area contributed by atoms with Crippen LogP contribution < -0.4 is 0 Å². The number of nitrogens with zero attached hydrogens (tertiary/aromatic N) is 2. The molecule has 0 radical (unpaired) electrons. The lowest BCUT2D eigenvalue weighted by atomic mass is 9.95. The van der Waals surface area contributed by atoms with Gasteiger partial charge in [-0.05, 0) is 25.0 Å². The number of hydrogen-bond acceptors (Lipinski definition) is 5. The van der Waals surface area contributed by atoms with E-state index in [0.29, 0.717) is 57.1 Å². The number of carboxylic acid groups (broad SMARTS) is 1. The molecule has 0 atom stereocenters. The minimum absolute atomic E-state index is 0.0370. The maximum Gasteiger partial charge on any atom is 0.345 e. The quantitative estimate of drug-likeness (QED) is 0.882. The van der Waals surface area contributed by atoms with Gasteiger partial charge in [-0.15, -0.1) is 11.3 Å². The molecule has 7 nitrogen and oxygen atoms in total. The number of carbonyl (C=O) groups is 3. The Balaban J connectivity index is 1.55. The van der Waals surface area contributed by atoms with E-state index in [0.717, 1.165) is 11.3 Å². The molecule has 130 valence electrons. The fourth-order valence-electron chi connectivity index (χ4n) is 3.10. The molecule has 2 fully saturated rings. The van der Waals surface area contributed by atoms with Gasteiger partial charge in [-0.1, -0.05) is 0 Å². The first-order valence-corrected chi connectivity index (χ1v) is 8.87. The fraction of sp³-hybridized carbons (Fsp3) is 0.562. The molecule has 1 aromatic rings. The summed E-state index contributed by atoms with van der Waals surface area (Å²) in [5, 5.41) is 8.94. The number of rotatable bonds is 3. The molecule has 3 rings (SSSR count). The van der Waals surface area contributed by atoms with E-state index in [4.69, 9.17) is 9.84 Å². The Morgan fingerprint density at radius 2 is 1.62 bits per heavy atom. The normalized spacial score (nSPS) is 19.3. The Bertz CT molecular complexity index is 630. The lowest BCUT2D eigenvalue weighted by molar-refractivity contribution is -0.141. The molecule has 0 bridgehead atoms. The Kier molecular flexibility index (Phi) is 5.15. The Hall–Kier alpha value is -1.93. The molecule has 0 spiro atoms. The number of carboxylic acids is 1. The molecule has 1 N–H and O–H groups in total. The number of amides is 2. The summed E-state index contributed by atoms with van der Waals surface area (Å²) in [4.78, 5) is 40.0. The van der Waals surface area contributed by atoms with E-state index in [1.807, 2.05) is 4.90 Å². The summed E-state index contributed by atoms with van der Waals surface area (Å²) < 4.78 is 5.27. The largest absolute Gasteiger partial charge is 0.477 e. The molecule has 24 heavy (non-hydrogen) atoms. The van der Waals surface area contributed by atoms with Gasteiger partial charge in [-0.2, -0.15) is 0 Å². The van der Waals surface area contributed by atoms with Crippen molar-refractivity contribution in [2.24, 2.45) is 5.92 Å². The zero-order chi connectivity index (χ0) is 17.1. The van der Waals surface area contributed by atoms with Gasteiger partial charge in [0.25, 0.3) is 5.91 Å². The zero-order valence-electron chi connectivity index (χ0n) is 13.3. The summed E-state index contributed by atoms with van der Waals surface area (Å²) in [6.45, 7) is 3.52. The van der Waals surface area contributed by atoms with Gasteiger partial charge in [0.2, 0.25) is 5.91 Å². The van der Waals surface area contributed by atoms with Crippen LogP contribution in [0.2, 0.25) is 0 Å². The summed E-state index contributed by atoms with van der Waals surface area (Å²) in [6.07, 6.45) is 1.30. The number of likely N-dealkylation sites (tertiary alicyclic amines) is 1. The second kappa shape index (κ2) is 7.31. The van der Waals surface area contributed by atoms with Crippen molar-refractivity contribution in [2.45, 2.75) is 12.8 Å². The highest BCUT2D eigenvalue weighted by molar-refractivity contribution is 7.15. The van der Waals surface area contributed by atoms with Crippen molar-refractivity contribution in [3.63, 3.8) is 0 Å². The van der Waals surface area contributed by atoms with Crippen LogP contribution in [0.5, 0.6) is 0 Å². The van der Waals surface area contributed by atoms with E-state index in [9.17, 15) is 14.4 Å². The second-order valence-electron chi connectivity index (χ2n) is 5.97. The lowest BCUT2D eigenvalue weighted by Gasteiger charge is -2.35. The molecule has 2 aliphatic rings. The van der Waals surface area contributed by atoms with Crippen molar-refractivity contribution in [3.8, 4) is 0 Å². The topological polar surface area (TPSA) is 87.2 Å². The highest BCUT2D eigenvalue weighted by atomic mass is 32.1. The first-order chi connectivity index (χ1) is 11.6. The van der Waals surface area contributed by atoms with Crippen LogP contribution in [-0.2, 0) is 9.53 Å². The Morgan fingerprint density at radius 1 is 1.00 bits per heavy atom. The number of piperidine rings is 1. The minimum atomic E-state index is -1.02. The van der Waals surface area contributed by atoms with E-state index in [1.54, 1.807) is 11.0 Å². The van der Waals surface area contributed by atoms with Crippen molar-refractivity contribution in [1.82, 2.24) is 9.80 Å². The van der Waals surface area contributed by atoms with Crippen LogP contribution in [0.4, 0.5) is 0 Å². The molecular weight excluding hydrogens is 332 g/mol. The molecule has 3 heterocycles. The Morgan fingerprint density at radius 3 is 2.21 bits per heavy atom. The molecule has 2 aliphatic heterocycles. The molecule has 2 saturated heterocycles. The van der Waals surface area contributed by atoms with Gasteiger partial charge in [0.1, 0.15) is 4.88 Å². The number of thiophene rings is 1. The van der Waals surface area contributed by atoms with Crippen LogP contribution in [0, 0.1) is 5.92 Å². The summed E-state index contributed by atoms with van der Waals surface area (Å²) in [5.74, 6) is -1.04. The molecule has 0 aliphatic carbocycles. The minimum Gasteiger partial charge on any atom is -0.477 e. The van der Waals surface area contributed by atoms with E-state index in [2.05, 4.69) is 0 Å². The second-order valence-corrected chi connectivity index (χ2v) is 7.06. The number of carbonyl (C=O) groups excluding carboxylic acids is 2. The van der Waals surface area contributed by atoms with Crippen LogP contribution in [0.15, 0.2) is 12.1 Å². The van der Waals surface area contributed by atoms with Crippen molar-refractivity contribution in [2.75, 3.05) is 39.4 Å². The zero-order valence-corrected chi connectivity index (χ0v) is 14.1. The summed E-state index contributed by atoms with van der Waals surface area (Å²) in [7, 11) is 0. The Labute approximate surface area is 143 Å². The smallest absolute Gasteiger partial charge is 0.345 e. The monoisotopic (exact) mass is 352 g/mol. The molecule has 1 aromatic heterocycles. The van der Waals surface area contributed by atoms with Crippen molar-refractivity contribution in [1.29, 1.82) is 0 Å². The van der Waals surface area contributed by atoms with Crippen molar-refractivity contribution >= 4 is 29.1 Å². The fourth-order valence-corrected chi connectivity index (χ4v) is 3.91. The predicted octanol–water partition coefficient (Wildman–Crippen LogP) is 1.16. The van der Waals surface area contributed by atoms with Gasteiger partial charge in [0.15, 0.2) is 0 Å². The summed E-state index contributed by atoms with van der Waals surface area (Å²) in [5.41, 5.74) is 0. The standard InChI is InChI=1S/C16H20N2O5S/c19-14(18-7-9-23-10-8-18)11-3-5-17(6-4-11)15(20)12-1-2-13(24-12)16(21)22/h1-2,11H,3-10H2,(H,21,22). The third-order valence-corrected chi connectivity index (χ3v) is 5.54. The highest BCUT2D eigenvalue weighted by Crippen LogP contribution is 2.24. The van der Waals surface area contributed by atoms with E-state index >= 15 is 0 Å². The number of aromatic carboxylic acids is 1. The predicted molar refractivity (Wildman–Crippen MR) is 87.3 cm³/mol. The third kappa shape index (κ3) is 3.59. The number of hydrogen-bond donors (Lipinski definition) is 1. The van der Waals surface area contributed by atoms with Crippen LogP contribution in [0.3, 0.4) is 0 Å². The van der Waals surface area contributed by atoms with Crippen LogP contribution in [0.1, 0.15) is 32.2 Å². The van der Waals surface area contributed by atoms with Gasteiger partial charge in [0, 0.05) is 32.1 Å². The molecule has 8 heteroatoms. The lowest BCUT2D eigenvalue weighted by Crippen LogP contribution is -2.47. The first-order valence-electron chi connectivity index (χ1n) is 8.05. The SMILES string of the molecule is O=C(O)c1ccc(C(=O)N2CCC(C(=O)N3CCOCC3)CC2)s1. The van der Waals surface area contributed by atoms with Crippen molar-refractivity contribution < 1.29 is 24.2 Å². The molecule has 0 saturated carbocycles. The third-order valence-electron chi connectivity index (χ3n) is 4.48. The molecule has 0 aromatic carbocycles. The van der Waals surface area contributed by atoms with E-state index < -0.39 is 5.97 Å². The summed E-state index contributed by atoms with van der Waals surface area (Å²) >= 11 is 0.993. The van der Waals surface area contributed by atoms with Gasteiger partial charge in [-0.3, -0.25) is 9.59 Å². The number of ether oxygens (including phenoxy) is 1. The number of morpholine rings is 1. The van der Waals surface area contributed by atoms with Gasteiger partial charge in [0.05, 0.1) is 18.1 Å². The van der Waals surface area contributed by atoms with Gasteiger partial charge in [-0.25, -0.2) is 4.79 Å². The van der Waals surface area contributed by atoms with Crippen LogP contribution >= 0.6 is 11.3 Å². The van der Waals surface area contributed by atoms with E-state index in [-0.39, 0.29) is 22.6 Å². The first kappa shape index (κ1) is 16.9.